The number of nitrogens with two attached hydrogens (primary N) is 1. The first-order chi connectivity index (χ1) is 29.4. The lowest BCUT2D eigenvalue weighted by atomic mass is 10.0. The van der Waals surface area contributed by atoms with E-state index in [1.165, 1.54) is 24.6 Å². The number of nitrogens with one attached hydrogen (secondary N) is 5. The molecule has 0 aliphatic carbocycles. The zero-order valence-corrected chi connectivity index (χ0v) is 34.4. The summed E-state index contributed by atoms with van der Waals surface area (Å²) < 4.78 is 0. The van der Waals surface area contributed by atoms with Crippen molar-refractivity contribution in [1.29, 1.82) is 0 Å². The summed E-state index contributed by atoms with van der Waals surface area (Å²) in [5, 5.41) is 17.1. The van der Waals surface area contributed by atoms with Crippen LogP contribution in [0.15, 0.2) is 115 Å². The van der Waals surface area contributed by atoms with E-state index in [1.807, 2.05) is 54.6 Å². The van der Waals surface area contributed by atoms with Gasteiger partial charge in [-0.05, 0) is 73.6 Å². The lowest BCUT2D eigenvalue weighted by Crippen LogP contribution is -2.55. The quantitative estimate of drug-likeness (QED) is 0.0690. The minimum atomic E-state index is -1.14. The third-order valence-electron chi connectivity index (χ3n) is 10.5. The number of rotatable bonds is 19. The van der Waals surface area contributed by atoms with E-state index in [4.69, 9.17) is 5.73 Å². The van der Waals surface area contributed by atoms with Crippen molar-refractivity contribution in [2.24, 2.45) is 5.73 Å². The van der Waals surface area contributed by atoms with Gasteiger partial charge in [0, 0.05) is 50.6 Å². The molecular weight excluding hydrogens is 777 g/mol. The Morgan fingerprint density at radius 2 is 1.28 bits per heavy atom. The average molecular weight is 833 g/mol. The molecule has 322 valence electrons. The van der Waals surface area contributed by atoms with Crippen LogP contribution in [0.4, 0.5) is 5.69 Å². The van der Waals surface area contributed by atoms with Gasteiger partial charge in [0.1, 0.15) is 17.8 Å². The van der Waals surface area contributed by atoms with Crippen LogP contribution < -0.4 is 37.4 Å². The Morgan fingerprint density at radius 3 is 1.92 bits per heavy atom. The number of carbonyl (C=O) groups is 6. The Hall–Kier alpha value is -6.58. The molecule has 1 saturated heterocycles. The largest absolute Gasteiger partial charge is 0.508 e. The highest BCUT2D eigenvalue weighted by atomic mass is 16.3. The fourth-order valence-electron chi connectivity index (χ4n) is 7.09. The fraction of sp³-hybridized carbons (Fsp3) is 0.348. The summed E-state index contributed by atoms with van der Waals surface area (Å²) in [6.07, 6.45) is 2.53. The Morgan fingerprint density at radius 1 is 0.689 bits per heavy atom. The highest BCUT2D eigenvalue weighted by Gasteiger charge is 2.30. The van der Waals surface area contributed by atoms with E-state index in [0.29, 0.717) is 0 Å². The zero-order chi connectivity index (χ0) is 43.6. The zero-order valence-electron chi connectivity index (χ0n) is 34.4. The number of nitrogens with zero attached hydrogens (tertiary/aromatic N) is 2. The second-order valence-electron chi connectivity index (χ2n) is 15.2. The Bertz CT molecular complexity index is 2050. The van der Waals surface area contributed by atoms with Gasteiger partial charge < -0.3 is 36.6 Å². The molecule has 1 aliphatic rings. The molecule has 0 aromatic heterocycles. The van der Waals surface area contributed by atoms with Crippen molar-refractivity contribution in [2.75, 3.05) is 31.1 Å². The van der Waals surface area contributed by atoms with Crippen molar-refractivity contribution in [2.45, 2.75) is 76.0 Å². The molecule has 0 bridgehead atoms. The van der Waals surface area contributed by atoms with Crippen LogP contribution in [0.5, 0.6) is 5.75 Å². The average Bonchev–Trinajstić information content (AvgIpc) is 3.28. The first-order valence-corrected chi connectivity index (χ1v) is 20.6. The first kappa shape index (κ1) is 45.5. The molecule has 3 atom stereocenters. The number of phenolic OH excluding ortho intramolecular Hbond substituents is 1. The molecule has 61 heavy (non-hydrogen) atoms. The molecule has 1 aliphatic heterocycles. The topological polar surface area (TPSA) is 215 Å². The van der Waals surface area contributed by atoms with Gasteiger partial charge in [-0.25, -0.2) is 0 Å². The number of likely N-dealkylation sites (tertiary alicyclic amines) is 1. The van der Waals surface area contributed by atoms with Crippen molar-refractivity contribution < 1.29 is 33.9 Å². The van der Waals surface area contributed by atoms with Crippen molar-refractivity contribution in [1.82, 2.24) is 31.7 Å². The Balaban J connectivity index is 1.08. The van der Waals surface area contributed by atoms with Gasteiger partial charge in [0.25, 0.3) is 5.91 Å². The molecule has 0 radical (unpaired) electrons. The van der Waals surface area contributed by atoms with Crippen molar-refractivity contribution in [3.8, 4) is 5.75 Å². The van der Waals surface area contributed by atoms with Crippen LogP contribution in [-0.2, 0) is 48.0 Å². The molecule has 15 nitrogen and oxygen atoms in total. The molecule has 1 fully saturated rings. The lowest BCUT2D eigenvalue weighted by Gasteiger charge is -2.38. The summed E-state index contributed by atoms with van der Waals surface area (Å²) in [5.41, 5.74) is 14.3. The third-order valence-corrected chi connectivity index (χ3v) is 10.5. The van der Waals surface area contributed by atoms with E-state index >= 15 is 0 Å². The smallest absolute Gasteiger partial charge is 0.261 e. The molecule has 5 rings (SSSR count). The minimum Gasteiger partial charge on any atom is -0.508 e. The van der Waals surface area contributed by atoms with Gasteiger partial charge in [0.2, 0.25) is 29.5 Å². The van der Waals surface area contributed by atoms with Crippen molar-refractivity contribution >= 4 is 41.1 Å². The van der Waals surface area contributed by atoms with E-state index < -0.39 is 54.2 Å². The van der Waals surface area contributed by atoms with Crippen molar-refractivity contribution in [3.05, 3.63) is 132 Å². The number of aromatic hydroxyl groups is 1. The number of benzene rings is 4. The standard InChI is InChI=1S/C46H56N8O7/c1-32(49-45(60)39(47)29-35-17-19-38(55)20-18-35)44(59)48-31-42(57)50-40(30-34-13-7-3-8-14-34)46(61)52-51-41(56)21-22-43(58)54(36-15-9-4-10-16-36)37-24-27-53(28-25-37)26-23-33-11-5-2-6-12-33/h2-20,32,37,39-40,55H,21-31,47H2,1H3,(H,48,59)(H,49,60)(H,50,57)(H,51,56)(H,52,61)/t32-,39+,40+/m0/s1. The molecule has 1 heterocycles. The SMILES string of the molecule is C[C@H](NC(=O)[C@H](N)Cc1ccc(O)cc1)C(=O)NCC(=O)N[C@H](Cc1ccccc1)C(=O)NNC(=O)CCC(=O)N(c1ccccc1)C1CCN(CCc2ccccc2)CC1. The minimum absolute atomic E-state index is 0.0273. The van der Waals surface area contributed by atoms with Crippen LogP contribution in [0.3, 0.4) is 0 Å². The highest BCUT2D eigenvalue weighted by Crippen LogP contribution is 2.25. The van der Waals surface area contributed by atoms with Crippen LogP contribution in [-0.4, -0.2) is 95.8 Å². The van der Waals surface area contributed by atoms with E-state index in [0.717, 1.165) is 55.7 Å². The Labute approximate surface area is 356 Å². The number of phenols is 1. The van der Waals surface area contributed by atoms with E-state index in [9.17, 15) is 33.9 Å². The number of hydrogen-bond acceptors (Lipinski definition) is 9. The Kier molecular flexibility index (Phi) is 17.4. The summed E-state index contributed by atoms with van der Waals surface area (Å²) in [5.74, 6) is -3.33. The second kappa shape index (κ2) is 23.3. The molecule has 4 aromatic rings. The molecule has 0 spiro atoms. The van der Waals surface area contributed by atoms with E-state index in [-0.39, 0.29) is 43.4 Å². The lowest BCUT2D eigenvalue weighted by molar-refractivity contribution is -0.133. The third kappa shape index (κ3) is 14.9. The van der Waals surface area contributed by atoms with E-state index in [1.54, 1.807) is 41.3 Å². The van der Waals surface area contributed by atoms with Crippen LogP contribution in [0.1, 0.15) is 49.3 Å². The maximum atomic E-state index is 13.8. The number of anilines is 1. The van der Waals surface area contributed by atoms with E-state index in [2.05, 4.69) is 43.8 Å². The van der Waals surface area contributed by atoms with Gasteiger partial charge in [-0.1, -0.05) is 91.0 Å². The maximum absolute atomic E-state index is 13.8. The first-order valence-electron chi connectivity index (χ1n) is 20.6. The van der Waals surface area contributed by atoms with Gasteiger partial charge in [-0.15, -0.1) is 0 Å². The number of hydrazine groups is 1. The maximum Gasteiger partial charge on any atom is 0.261 e. The van der Waals surface area contributed by atoms with Gasteiger partial charge in [-0.3, -0.25) is 39.6 Å². The highest BCUT2D eigenvalue weighted by molar-refractivity contribution is 5.97. The summed E-state index contributed by atoms with van der Waals surface area (Å²) in [7, 11) is 0. The van der Waals surface area contributed by atoms with Gasteiger partial charge >= 0.3 is 0 Å². The summed E-state index contributed by atoms with van der Waals surface area (Å²) >= 11 is 0. The summed E-state index contributed by atoms with van der Waals surface area (Å²) in [6.45, 7) is 3.58. The number of amides is 6. The van der Waals surface area contributed by atoms with Gasteiger partial charge in [0.05, 0.1) is 12.6 Å². The number of carbonyl (C=O) groups excluding carboxylic acids is 6. The van der Waals surface area contributed by atoms with Gasteiger partial charge in [0.15, 0.2) is 0 Å². The molecule has 15 heteroatoms. The van der Waals surface area contributed by atoms with Crippen molar-refractivity contribution in [3.63, 3.8) is 0 Å². The molecule has 0 saturated carbocycles. The molecular formula is C46H56N8O7. The predicted octanol–water partition coefficient (Wildman–Crippen LogP) is 2.28. The summed E-state index contributed by atoms with van der Waals surface area (Å²) in [4.78, 5) is 82.7. The number of hydrogen-bond donors (Lipinski definition) is 7. The predicted molar refractivity (Wildman–Crippen MR) is 232 cm³/mol. The molecule has 6 amide bonds. The van der Waals surface area contributed by atoms with Crippen LogP contribution in [0.2, 0.25) is 0 Å². The molecule has 0 unspecified atom stereocenters. The molecule has 4 aromatic carbocycles. The molecule has 8 N–H and O–H groups in total. The number of para-hydroxylation sites is 1. The monoisotopic (exact) mass is 832 g/mol. The van der Waals surface area contributed by atoms with Crippen LogP contribution >= 0.6 is 0 Å². The fourth-order valence-corrected chi connectivity index (χ4v) is 7.09. The normalized spacial score (nSPS) is 14.4. The summed E-state index contributed by atoms with van der Waals surface area (Å²) in [6, 6.07) is 31.8. The number of piperidine rings is 1. The van der Waals surface area contributed by atoms with Gasteiger partial charge in [-0.2, -0.15) is 0 Å². The van der Waals surface area contributed by atoms with Crippen LogP contribution in [0, 0.1) is 0 Å². The van der Waals surface area contributed by atoms with Crippen LogP contribution in [0.25, 0.3) is 0 Å². The second-order valence-corrected chi connectivity index (χ2v) is 15.2.